The molecule has 2 atom stereocenters. The Hall–Kier alpha value is -2.38. The maximum atomic E-state index is 13.6. The van der Waals surface area contributed by atoms with E-state index in [2.05, 4.69) is 25.7 Å². The van der Waals surface area contributed by atoms with Crippen LogP contribution in [0.25, 0.3) is 0 Å². The maximum absolute atomic E-state index is 13.6. The average molecular weight is 484 g/mol. The molecule has 1 aromatic carbocycles. The van der Waals surface area contributed by atoms with Crippen LogP contribution in [0.4, 0.5) is 5.82 Å². The van der Waals surface area contributed by atoms with Crippen LogP contribution >= 0.6 is 11.6 Å². The average Bonchev–Trinajstić information content (AvgIpc) is 3.37. The number of hydrogen-bond donors (Lipinski definition) is 0. The van der Waals surface area contributed by atoms with E-state index in [1.54, 1.807) is 0 Å². The number of ether oxygens (including phenoxy) is 1. The Labute approximate surface area is 206 Å². The predicted molar refractivity (Wildman–Crippen MR) is 134 cm³/mol. The number of piperidine rings is 1. The maximum Gasteiger partial charge on any atom is 0.258 e. The molecule has 1 saturated heterocycles. The third-order valence-electron chi connectivity index (χ3n) is 7.79. The molecule has 0 aliphatic carbocycles. The quantitative estimate of drug-likeness (QED) is 0.577. The van der Waals surface area contributed by atoms with Crippen LogP contribution in [-0.4, -0.2) is 61.3 Å². The molecule has 5 rings (SSSR count). The van der Waals surface area contributed by atoms with Gasteiger partial charge in [0.1, 0.15) is 16.7 Å². The zero-order valence-corrected chi connectivity index (χ0v) is 21.5. The van der Waals surface area contributed by atoms with Gasteiger partial charge in [0, 0.05) is 30.4 Å². The monoisotopic (exact) mass is 483 g/mol. The van der Waals surface area contributed by atoms with Crippen LogP contribution in [0.15, 0.2) is 29.3 Å². The number of fused-ring (bicyclic) bond motifs is 3. The van der Waals surface area contributed by atoms with E-state index in [0.717, 1.165) is 48.7 Å². The Morgan fingerprint density at radius 2 is 1.91 bits per heavy atom. The molecule has 4 heterocycles. The van der Waals surface area contributed by atoms with Crippen molar-refractivity contribution < 1.29 is 9.53 Å². The summed E-state index contributed by atoms with van der Waals surface area (Å²) < 4.78 is 8.29. The van der Waals surface area contributed by atoms with Crippen molar-refractivity contribution in [1.82, 2.24) is 19.6 Å². The number of aromatic nitrogens is 2. The summed E-state index contributed by atoms with van der Waals surface area (Å²) in [6.45, 7) is 13.5. The number of rotatable bonds is 4. The molecule has 8 heteroatoms. The summed E-state index contributed by atoms with van der Waals surface area (Å²) in [6, 6.07) is 8.16. The summed E-state index contributed by atoms with van der Waals surface area (Å²) >= 11 is 6.73. The van der Waals surface area contributed by atoms with Gasteiger partial charge >= 0.3 is 0 Å². The number of nitrogens with zero attached hydrogens (tertiary/aromatic N) is 5. The van der Waals surface area contributed by atoms with Gasteiger partial charge in [0.15, 0.2) is 5.82 Å². The summed E-state index contributed by atoms with van der Waals surface area (Å²) in [6.07, 6.45) is 2.08. The molecule has 0 N–H and O–H groups in total. The summed E-state index contributed by atoms with van der Waals surface area (Å²) in [4.78, 5) is 22.1. The number of likely N-dealkylation sites (tertiary alicyclic amines) is 1. The standard InChI is InChI=1S/C26H34ClN5O2/c1-16(2)30-12-10-19(11-13-30)34-23-9-7-6-8-20(23)25(33)31-14-21-22(15-31)29-32-18(4)26(5,27)17(3)28-24(21)32/h6-9,16,18-19H,10-15H2,1-5H3. The predicted octanol–water partition coefficient (Wildman–Crippen LogP) is 4.96. The van der Waals surface area contributed by atoms with Crippen LogP contribution in [-0.2, 0) is 13.1 Å². The normalized spacial score (nSPS) is 25.3. The van der Waals surface area contributed by atoms with E-state index in [9.17, 15) is 4.79 Å². The minimum atomic E-state index is -0.566. The summed E-state index contributed by atoms with van der Waals surface area (Å²) in [5.74, 6) is 1.47. The molecule has 3 aliphatic heterocycles. The number of aliphatic imine (C=N–C) groups is 1. The van der Waals surface area contributed by atoms with Crippen LogP contribution in [0.3, 0.4) is 0 Å². The van der Waals surface area contributed by atoms with E-state index in [1.807, 2.05) is 47.7 Å². The van der Waals surface area contributed by atoms with Crippen molar-refractivity contribution in [2.24, 2.45) is 4.99 Å². The highest BCUT2D eigenvalue weighted by Gasteiger charge is 2.42. The highest BCUT2D eigenvalue weighted by molar-refractivity contribution is 6.36. The fourth-order valence-electron chi connectivity index (χ4n) is 5.16. The second-order valence-electron chi connectivity index (χ2n) is 10.2. The van der Waals surface area contributed by atoms with E-state index in [1.165, 1.54) is 0 Å². The minimum Gasteiger partial charge on any atom is -0.489 e. The van der Waals surface area contributed by atoms with E-state index in [-0.39, 0.29) is 18.1 Å². The minimum absolute atomic E-state index is 0.00680. The molecular formula is C26H34ClN5O2. The first-order valence-corrected chi connectivity index (χ1v) is 12.7. The van der Waals surface area contributed by atoms with Crippen LogP contribution in [0.5, 0.6) is 5.75 Å². The van der Waals surface area contributed by atoms with E-state index in [0.29, 0.717) is 30.4 Å². The van der Waals surface area contributed by atoms with Crippen LogP contribution in [0.1, 0.15) is 75.1 Å². The lowest BCUT2D eigenvalue weighted by Crippen LogP contribution is -2.42. The molecule has 1 fully saturated rings. The lowest BCUT2D eigenvalue weighted by atomic mass is 9.96. The molecule has 7 nitrogen and oxygen atoms in total. The lowest BCUT2D eigenvalue weighted by molar-refractivity contribution is 0.0711. The molecule has 0 saturated carbocycles. The molecular weight excluding hydrogens is 450 g/mol. The van der Waals surface area contributed by atoms with Crippen molar-refractivity contribution in [3.8, 4) is 5.75 Å². The van der Waals surface area contributed by atoms with E-state index in [4.69, 9.17) is 26.4 Å². The Morgan fingerprint density at radius 1 is 1.21 bits per heavy atom. The third kappa shape index (κ3) is 3.93. The lowest BCUT2D eigenvalue weighted by Gasteiger charge is -2.35. The summed E-state index contributed by atoms with van der Waals surface area (Å²) in [5, 5.41) is 4.80. The van der Waals surface area contributed by atoms with Gasteiger partial charge in [-0.2, -0.15) is 5.10 Å². The third-order valence-corrected chi connectivity index (χ3v) is 8.38. The van der Waals surface area contributed by atoms with E-state index >= 15 is 0 Å². The van der Waals surface area contributed by atoms with Gasteiger partial charge in [-0.1, -0.05) is 12.1 Å². The van der Waals surface area contributed by atoms with Gasteiger partial charge in [-0.3, -0.25) is 4.79 Å². The number of halogens is 1. The number of hydrogen-bond acceptors (Lipinski definition) is 5. The summed E-state index contributed by atoms with van der Waals surface area (Å²) in [7, 11) is 0. The number of benzene rings is 1. The van der Waals surface area contributed by atoms with Gasteiger partial charge in [0.05, 0.1) is 30.4 Å². The molecule has 3 aliphatic rings. The molecule has 1 aromatic heterocycles. The van der Waals surface area contributed by atoms with Crippen molar-refractivity contribution in [3.63, 3.8) is 0 Å². The van der Waals surface area contributed by atoms with Crippen LogP contribution < -0.4 is 4.74 Å². The van der Waals surface area contributed by atoms with Crippen LogP contribution in [0.2, 0.25) is 0 Å². The first-order valence-electron chi connectivity index (χ1n) is 12.3. The topological polar surface area (TPSA) is 63.0 Å². The van der Waals surface area contributed by atoms with Crippen molar-refractivity contribution in [2.75, 3.05) is 13.1 Å². The zero-order chi connectivity index (χ0) is 24.2. The largest absolute Gasteiger partial charge is 0.489 e. The highest BCUT2D eigenvalue weighted by atomic mass is 35.5. The fraction of sp³-hybridized carbons (Fsp3) is 0.577. The second-order valence-corrected chi connectivity index (χ2v) is 11.0. The number of carbonyl (C=O) groups is 1. The first-order chi connectivity index (χ1) is 16.2. The summed E-state index contributed by atoms with van der Waals surface area (Å²) in [5.41, 5.74) is 3.41. The van der Waals surface area contributed by atoms with E-state index < -0.39 is 4.87 Å². The molecule has 0 bridgehead atoms. The first kappa shape index (κ1) is 23.4. The molecule has 34 heavy (non-hydrogen) atoms. The van der Waals surface area contributed by atoms with Gasteiger partial charge in [-0.05, 0) is 59.6 Å². The van der Waals surface area contributed by atoms with Gasteiger partial charge in [-0.25, -0.2) is 9.67 Å². The van der Waals surface area contributed by atoms with Gasteiger partial charge in [0.2, 0.25) is 0 Å². The number of amides is 1. The van der Waals surface area contributed by atoms with Crippen LogP contribution in [0, 0.1) is 0 Å². The van der Waals surface area contributed by atoms with Gasteiger partial charge < -0.3 is 14.5 Å². The molecule has 0 radical (unpaired) electrons. The number of alkyl halides is 1. The fourth-order valence-corrected chi connectivity index (χ4v) is 5.29. The SMILES string of the molecule is CC1=Nc2c3c(nn2C(C)C1(C)Cl)CN(C(=O)c1ccccc1OC1CCN(C(C)C)CC1)C3. The van der Waals surface area contributed by atoms with Crippen molar-refractivity contribution >= 4 is 29.0 Å². The smallest absolute Gasteiger partial charge is 0.258 e. The number of carbonyl (C=O) groups excluding carboxylic acids is 1. The molecule has 0 spiro atoms. The molecule has 182 valence electrons. The number of para-hydroxylation sites is 1. The molecule has 2 aromatic rings. The van der Waals surface area contributed by atoms with Gasteiger partial charge in [0.25, 0.3) is 5.91 Å². The Bertz CT molecular complexity index is 1130. The van der Waals surface area contributed by atoms with Crippen molar-refractivity contribution in [2.45, 2.75) is 83.6 Å². The Morgan fingerprint density at radius 3 is 2.62 bits per heavy atom. The highest BCUT2D eigenvalue weighted by Crippen LogP contribution is 2.43. The van der Waals surface area contributed by atoms with Crippen molar-refractivity contribution in [1.29, 1.82) is 0 Å². The van der Waals surface area contributed by atoms with Crippen molar-refractivity contribution in [3.05, 3.63) is 41.1 Å². The Balaban J connectivity index is 1.32. The molecule has 2 unspecified atom stereocenters. The Kier molecular flexibility index (Phi) is 5.97. The second kappa shape index (κ2) is 8.68. The zero-order valence-electron chi connectivity index (χ0n) is 20.7. The van der Waals surface area contributed by atoms with Gasteiger partial charge in [-0.15, -0.1) is 11.6 Å². The molecule has 1 amide bonds.